The van der Waals surface area contributed by atoms with Crippen LogP contribution in [0.4, 0.5) is 0 Å². The van der Waals surface area contributed by atoms with E-state index in [1.807, 2.05) is 6.07 Å². The smallest absolute Gasteiger partial charge is 0.335 e. The molecule has 3 fully saturated rings. The normalized spacial score (nSPS) is 35.1. The Kier molecular flexibility index (Phi) is 10.8. The minimum absolute atomic E-state index is 0.00207. The Labute approximate surface area is 379 Å². The summed E-state index contributed by atoms with van der Waals surface area (Å²) in [5.74, 6) is -1.72. The summed E-state index contributed by atoms with van der Waals surface area (Å²) >= 11 is 0. The molecule has 0 amide bonds. The molecule has 346 valence electrons. The Morgan fingerprint density at radius 2 is 1.73 bits per heavy atom. The van der Waals surface area contributed by atoms with Gasteiger partial charge in [0, 0.05) is 23.7 Å². The number of carbonyl (C=O) groups is 1. The van der Waals surface area contributed by atoms with Crippen molar-refractivity contribution in [2.75, 3.05) is 13.6 Å². The number of aromatic hydroxyl groups is 3. The van der Waals surface area contributed by atoms with Gasteiger partial charge < -0.3 is 66.4 Å². The first kappa shape index (κ1) is 43.7. The van der Waals surface area contributed by atoms with E-state index in [2.05, 4.69) is 72.9 Å². The highest BCUT2D eigenvalue weighted by atomic mass is 16.7. The van der Waals surface area contributed by atoms with E-state index in [1.54, 1.807) is 12.1 Å². The average molecular weight is 903 g/mol. The molecule has 1 saturated heterocycles. The minimum Gasteiger partial charge on any atom is -0.508 e. The molecule has 0 spiro atoms. The standard InChI is InChI=1S/C50H54N4O12/c1-21-6-5-8-23(14-21)37-28-13-12-27-32(37)17-31-25-9-4-3-7-22(25)15-30(38(31)39(27)41(28)53-2)29-16-24(55)10-11-26(29)34-18-33(56)40-35(64-34)19-36(42(57)43(40)58)65-48-46(60)50(63,20-54-49(51)52)45(59)44(66-48)47(61)62/h3-5,7-13,15-16,18-19,21,23,27-28,31-32,37-39,41,44-46,48,53,55,57-60,63H,6,14,17,20H2,1-2H3,(H,61,62)(H4,51,52,54)/t21-,23-,27+,28-,31+,32+,37+,38+,39+,41-,44+,45-,46+,48-,50+/m1/s1. The summed E-state index contributed by atoms with van der Waals surface area (Å²) in [6.45, 7) is 1.48. The number of benzene rings is 3. The largest absolute Gasteiger partial charge is 0.508 e. The summed E-state index contributed by atoms with van der Waals surface area (Å²) in [5.41, 5.74) is 11.5. The van der Waals surface area contributed by atoms with Crippen LogP contribution >= 0.6 is 0 Å². The lowest BCUT2D eigenvalue weighted by Crippen LogP contribution is -2.70. The lowest BCUT2D eigenvalue weighted by atomic mass is 9.42. The number of carboxylic acids is 1. The third kappa shape index (κ3) is 6.87. The highest BCUT2D eigenvalue weighted by Crippen LogP contribution is 2.66. The Hall–Kier alpha value is -6.17. The molecule has 1 aromatic heterocycles. The topological polar surface area (TPSA) is 284 Å². The van der Waals surface area contributed by atoms with Crippen molar-refractivity contribution in [3.05, 3.63) is 106 Å². The van der Waals surface area contributed by atoms with Crippen molar-refractivity contribution in [1.82, 2.24) is 5.32 Å². The zero-order valence-corrected chi connectivity index (χ0v) is 36.3. The van der Waals surface area contributed by atoms with E-state index in [0.29, 0.717) is 46.6 Å². The number of aliphatic hydroxyl groups excluding tert-OH is 2. The van der Waals surface area contributed by atoms with E-state index in [-0.39, 0.29) is 40.9 Å². The van der Waals surface area contributed by atoms with E-state index in [0.717, 1.165) is 30.0 Å². The van der Waals surface area contributed by atoms with Crippen LogP contribution in [-0.2, 0) is 9.53 Å². The number of aliphatic hydroxyl groups is 3. The summed E-state index contributed by atoms with van der Waals surface area (Å²) in [6.07, 6.45) is 6.46. The van der Waals surface area contributed by atoms with Gasteiger partial charge in [-0.3, -0.25) is 9.79 Å². The molecule has 16 heteroatoms. The maximum atomic E-state index is 14.0. The summed E-state index contributed by atoms with van der Waals surface area (Å²) < 4.78 is 17.5. The zero-order valence-electron chi connectivity index (χ0n) is 36.3. The molecule has 3 aromatic carbocycles. The number of hydrogen-bond donors (Lipinski definition) is 10. The van der Waals surface area contributed by atoms with Crippen LogP contribution in [0.5, 0.6) is 23.0 Å². The molecule has 66 heavy (non-hydrogen) atoms. The Bertz CT molecular complexity index is 2800. The molecular formula is C50H54N4O12. The van der Waals surface area contributed by atoms with E-state index >= 15 is 0 Å². The fourth-order valence-electron chi connectivity index (χ4n) is 12.7. The number of carboxylic acid groups (broad SMARTS) is 1. The molecule has 6 aliphatic carbocycles. The van der Waals surface area contributed by atoms with Crippen molar-refractivity contribution < 1.29 is 54.4 Å². The van der Waals surface area contributed by atoms with Crippen molar-refractivity contribution in [1.29, 1.82) is 0 Å². The molecular weight excluding hydrogens is 849 g/mol. The first-order valence-corrected chi connectivity index (χ1v) is 22.5. The Morgan fingerprint density at radius 1 is 0.955 bits per heavy atom. The zero-order chi connectivity index (χ0) is 46.5. The number of allylic oxidation sites excluding steroid dienone is 4. The third-order valence-electron chi connectivity index (χ3n) is 15.5. The molecule has 2 saturated carbocycles. The summed E-state index contributed by atoms with van der Waals surface area (Å²) in [7, 11) is 2.06. The predicted molar refractivity (Wildman–Crippen MR) is 243 cm³/mol. The predicted octanol–water partition coefficient (Wildman–Crippen LogP) is 4.00. The van der Waals surface area contributed by atoms with Crippen LogP contribution in [0.15, 0.2) is 93.1 Å². The second-order valence-electron chi connectivity index (χ2n) is 19.1. The van der Waals surface area contributed by atoms with Gasteiger partial charge in [-0.1, -0.05) is 61.6 Å². The number of hydrogen-bond acceptors (Lipinski definition) is 13. The maximum Gasteiger partial charge on any atom is 0.335 e. The second kappa shape index (κ2) is 16.3. The number of fused-ring (bicyclic) bond motifs is 4. The van der Waals surface area contributed by atoms with E-state index in [4.69, 9.17) is 25.4 Å². The number of nitrogens with zero attached hydrogens (tertiary/aromatic N) is 1. The molecule has 4 aromatic rings. The lowest BCUT2D eigenvalue weighted by molar-refractivity contribution is -0.303. The molecule has 2 heterocycles. The van der Waals surface area contributed by atoms with Gasteiger partial charge >= 0.3 is 5.97 Å². The molecule has 0 radical (unpaired) electrons. The van der Waals surface area contributed by atoms with Gasteiger partial charge in [0.25, 0.3) is 0 Å². The van der Waals surface area contributed by atoms with E-state index in [9.17, 15) is 45.3 Å². The number of nitrogens with two attached hydrogens (primary N) is 2. The van der Waals surface area contributed by atoms with E-state index < -0.39 is 76.7 Å². The van der Waals surface area contributed by atoms with Crippen LogP contribution in [0, 0.1) is 47.3 Å². The summed E-state index contributed by atoms with van der Waals surface area (Å²) in [4.78, 5) is 29.8. The fraction of sp³-hybridized carbons (Fsp3) is 0.420. The lowest BCUT2D eigenvalue weighted by Gasteiger charge is -2.63. The number of phenolic OH excluding ortho intramolecular Hbond substituents is 3. The number of rotatable bonds is 9. The summed E-state index contributed by atoms with van der Waals surface area (Å²) in [5, 5.41) is 80.1. The van der Waals surface area contributed by atoms with Crippen LogP contribution in [-0.4, -0.2) is 97.5 Å². The molecule has 4 bridgehead atoms. The Balaban J connectivity index is 1.07. The SMILES string of the molecule is CN[C@@H]1[C@@H]2C=C[C@H]3[C@H](C[C@H]4c5ccccc5C=C(c5cc(O)ccc5-c5cc(=O)c6c(O)c(O)c(O[C@@H]7O[C@H](C(=O)O)[C@@H](O)[C@@](O)(CN=C(N)N)[C@H]7O)cc6o5)[C@@H]4[C@H]31)[C@H]2[C@@H]1C=CC[C@@H](C)C1. The number of aliphatic carboxylic acids is 1. The molecule has 16 nitrogen and oxygen atoms in total. The maximum absolute atomic E-state index is 14.0. The van der Waals surface area contributed by atoms with Gasteiger partial charge in [0.1, 0.15) is 40.3 Å². The molecule has 0 unspecified atom stereocenters. The van der Waals surface area contributed by atoms with Crippen molar-refractivity contribution in [3.8, 4) is 34.3 Å². The van der Waals surface area contributed by atoms with Crippen molar-refractivity contribution in [3.63, 3.8) is 0 Å². The van der Waals surface area contributed by atoms with Crippen LogP contribution in [0.3, 0.4) is 0 Å². The Morgan fingerprint density at radius 3 is 2.47 bits per heavy atom. The molecule has 11 rings (SSSR count). The quantitative estimate of drug-likeness (QED) is 0.0492. The van der Waals surface area contributed by atoms with E-state index in [1.165, 1.54) is 24.1 Å². The van der Waals surface area contributed by atoms with Crippen molar-refractivity contribution in [2.24, 2.45) is 63.8 Å². The molecule has 15 atom stereocenters. The number of phenols is 3. The number of guanidine groups is 1. The minimum atomic E-state index is -2.74. The number of ether oxygens (including phenoxy) is 2. The first-order valence-electron chi connectivity index (χ1n) is 22.5. The van der Waals surface area contributed by atoms with Gasteiger partial charge in [0.05, 0.1) is 6.54 Å². The highest BCUT2D eigenvalue weighted by Gasteiger charge is 2.61. The second-order valence-corrected chi connectivity index (χ2v) is 19.1. The molecule has 1 aliphatic heterocycles. The van der Waals surface area contributed by atoms with Crippen molar-refractivity contribution >= 4 is 34.5 Å². The highest BCUT2D eigenvalue weighted by molar-refractivity contribution is 5.94. The first-order chi connectivity index (χ1) is 31.6. The third-order valence-corrected chi connectivity index (χ3v) is 15.5. The van der Waals surface area contributed by atoms with Gasteiger partial charge in [-0.15, -0.1) is 0 Å². The van der Waals surface area contributed by atoms with Crippen LogP contribution in [0.25, 0.3) is 33.9 Å². The van der Waals surface area contributed by atoms with Gasteiger partial charge in [0.2, 0.25) is 12.0 Å². The van der Waals surface area contributed by atoms with Crippen LogP contribution < -0.4 is 26.9 Å². The average Bonchev–Trinajstić information content (AvgIpc) is 3.29. The van der Waals surface area contributed by atoms with Crippen molar-refractivity contribution in [2.45, 2.75) is 68.3 Å². The molecule has 12 N–H and O–H groups in total. The van der Waals surface area contributed by atoms with Crippen LogP contribution in [0.1, 0.15) is 48.8 Å². The number of nitrogens with one attached hydrogen (secondary N) is 1. The van der Waals surface area contributed by atoms with Crippen LogP contribution in [0.2, 0.25) is 0 Å². The van der Waals surface area contributed by atoms with Gasteiger partial charge in [-0.25, -0.2) is 4.79 Å². The number of aliphatic imine (C=N–C) groups is 1. The monoisotopic (exact) mass is 902 g/mol. The molecule has 7 aliphatic rings. The van der Waals surface area contributed by atoms with Gasteiger partial charge in [-0.2, -0.15) is 0 Å². The fourth-order valence-corrected chi connectivity index (χ4v) is 12.7. The summed E-state index contributed by atoms with van der Waals surface area (Å²) in [6, 6.07) is 15.8. The van der Waals surface area contributed by atoms with Gasteiger partial charge in [0.15, 0.2) is 29.0 Å². The van der Waals surface area contributed by atoms with Gasteiger partial charge in [-0.05, 0) is 120 Å².